The quantitative estimate of drug-likeness (QED) is 0.743. The smallest absolute Gasteiger partial charge is 0.382 e. The highest BCUT2D eigenvalue weighted by Gasteiger charge is 2.35. The Bertz CT molecular complexity index is 1030. The molecule has 7 nitrogen and oxygen atoms in total. The molecule has 3 heterocycles. The van der Waals surface area contributed by atoms with E-state index in [1.807, 2.05) is 20.8 Å². The molecule has 0 aliphatic carbocycles. The fourth-order valence-corrected chi connectivity index (χ4v) is 2.84. The third-order valence-corrected chi connectivity index (χ3v) is 4.63. The highest BCUT2D eigenvalue weighted by molar-refractivity contribution is 5.97. The molecular weight excluding hydrogens is 349 g/mol. The number of aryl methyl sites for hydroxylation is 1. The Morgan fingerprint density at radius 3 is 2.46 bits per heavy atom. The summed E-state index contributed by atoms with van der Waals surface area (Å²) in [7, 11) is 1.22. The molecule has 3 rings (SSSR count). The van der Waals surface area contributed by atoms with Gasteiger partial charge in [0.25, 0.3) is 5.56 Å². The van der Waals surface area contributed by atoms with Crippen LogP contribution in [-0.4, -0.2) is 24.5 Å². The van der Waals surface area contributed by atoms with Crippen molar-refractivity contribution in [1.29, 1.82) is 0 Å². The highest BCUT2D eigenvalue weighted by atomic mass is 19.4. The summed E-state index contributed by atoms with van der Waals surface area (Å²) in [5.74, 6) is 0.129. The summed E-state index contributed by atoms with van der Waals surface area (Å²) < 4.78 is 41.6. The number of aromatic amines is 1. The van der Waals surface area contributed by atoms with E-state index in [0.717, 1.165) is 10.7 Å². The van der Waals surface area contributed by atoms with Crippen molar-refractivity contribution < 1.29 is 13.2 Å². The van der Waals surface area contributed by atoms with Crippen molar-refractivity contribution in [3.63, 3.8) is 0 Å². The number of aromatic nitrogens is 5. The van der Waals surface area contributed by atoms with Gasteiger partial charge >= 0.3 is 6.18 Å². The van der Waals surface area contributed by atoms with Gasteiger partial charge in [-0.25, -0.2) is 0 Å². The largest absolute Gasteiger partial charge is 0.433 e. The first-order valence-corrected chi connectivity index (χ1v) is 8.02. The van der Waals surface area contributed by atoms with E-state index in [1.165, 1.54) is 17.8 Å². The Kier molecular flexibility index (Phi) is 4.08. The second kappa shape index (κ2) is 5.89. The molecule has 0 aliphatic rings. The number of fused-ring (bicyclic) bond motifs is 1. The normalized spacial score (nSPS) is 13.7. The molecule has 0 saturated carbocycles. The van der Waals surface area contributed by atoms with E-state index in [-0.39, 0.29) is 39.9 Å². The summed E-state index contributed by atoms with van der Waals surface area (Å²) >= 11 is 0. The molecule has 3 aromatic heterocycles. The van der Waals surface area contributed by atoms with Crippen molar-refractivity contribution in [2.75, 3.05) is 5.73 Å². The van der Waals surface area contributed by atoms with E-state index in [9.17, 15) is 18.0 Å². The van der Waals surface area contributed by atoms with Crippen LogP contribution >= 0.6 is 0 Å². The molecular formula is C16H19F3N6O. The Labute approximate surface area is 146 Å². The number of rotatable bonds is 3. The number of H-pyrrole nitrogens is 1. The molecule has 0 unspecified atom stereocenters. The molecule has 0 aromatic carbocycles. The monoisotopic (exact) mass is 368 g/mol. The van der Waals surface area contributed by atoms with Gasteiger partial charge in [-0.2, -0.15) is 23.4 Å². The summed E-state index contributed by atoms with van der Waals surface area (Å²) in [4.78, 5) is 12.8. The number of nitrogens with one attached hydrogen (secondary N) is 1. The second-order valence-corrected chi connectivity index (χ2v) is 6.63. The maximum atomic E-state index is 13.1. The van der Waals surface area contributed by atoms with E-state index in [0.29, 0.717) is 5.56 Å². The molecule has 10 heteroatoms. The molecule has 0 aliphatic heterocycles. The number of nitrogens with two attached hydrogens (primary N) is 1. The highest BCUT2D eigenvalue weighted by Crippen LogP contribution is 2.34. The van der Waals surface area contributed by atoms with E-state index >= 15 is 0 Å². The average molecular weight is 368 g/mol. The number of pyridine rings is 1. The lowest BCUT2D eigenvalue weighted by Gasteiger charge is -2.20. The first-order valence-electron chi connectivity index (χ1n) is 8.02. The lowest BCUT2D eigenvalue weighted by molar-refractivity contribution is -0.143. The standard InChI is InChI=1S/C16H19F3N6O/c1-7(2)8(3)25-6-9(13-12(15(25)26)14(20)22-21-13)10-5-11(16(17,18)19)24(4)23-10/h5-8H,1-4H3,(H3,20,21,22)/t8-/m0/s1. The maximum absolute atomic E-state index is 13.1. The van der Waals surface area contributed by atoms with E-state index in [1.54, 1.807) is 0 Å². The van der Waals surface area contributed by atoms with Crippen LogP contribution in [0.1, 0.15) is 32.5 Å². The van der Waals surface area contributed by atoms with Gasteiger partial charge in [0.05, 0.1) is 11.2 Å². The average Bonchev–Trinajstić information content (AvgIpc) is 3.10. The fraction of sp³-hybridized carbons (Fsp3) is 0.438. The zero-order chi connectivity index (χ0) is 19.4. The second-order valence-electron chi connectivity index (χ2n) is 6.63. The number of nitrogen functional groups attached to an aromatic ring is 1. The van der Waals surface area contributed by atoms with Gasteiger partial charge in [-0.3, -0.25) is 14.6 Å². The molecule has 0 fully saturated rings. The Balaban J connectivity index is 2.33. The summed E-state index contributed by atoms with van der Waals surface area (Å²) in [6.45, 7) is 5.75. The predicted octanol–water partition coefficient (Wildman–Crippen LogP) is 2.94. The van der Waals surface area contributed by atoms with Crippen LogP contribution < -0.4 is 11.3 Å². The minimum atomic E-state index is -4.54. The third-order valence-electron chi connectivity index (χ3n) is 4.63. The van der Waals surface area contributed by atoms with Gasteiger partial charge in [-0.15, -0.1) is 0 Å². The van der Waals surface area contributed by atoms with Crippen LogP contribution in [0.15, 0.2) is 17.1 Å². The summed E-state index contributed by atoms with van der Waals surface area (Å²) in [5.41, 5.74) is 5.27. The van der Waals surface area contributed by atoms with Gasteiger partial charge in [0.2, 0.25) is 0 Å². The van der Waals surface area contributed by atoms with Gasteiger partial charge in [0.1, 0.15) is 11.1 Å². The molecule has 3 N–H and O–H groups in total. The van der Waals surface area contributed by atoms with Gasteiger partial charge in [0.15, 0.2) is 5.82 Å². The minimum absolute atomic E-state index is 0.00327. The molecule has 140 valence electrons. The topological polar surface area (TPSA) is 94.5 Å². The molecule has 0 radical (unpaired) electrons. The van der Waals surface area contributed by atoms with Crippen molar-refractivity contribution >= 4 is 16.7 Å². The third kappa shape index (κ3) is 2.74. The molecule has 3 aromatic rings. The molecule has 0 amide bonds. The van der Waals surface area contributed by atoms with Crippen LogP contribution in [0, 0.1) is 5.92 Å². The maximum Gasteiger partial charge on any atom is 0.433 e. The lowest BCUT2D eigenvalue weighted by atomic mass is 10.0. The zero-order valence-electron chi connectivity index (χ0n) is 14.7. The van der Waals surface area contributed by atoms with Crippen LogP contribution in [0.4, 0.5) is 19.0 Å². The molecule has 0 spiro atoms. The van der Waals surface area contributed by atoms with Crippen LogP contribution in [0.3, 0.4) is 0 Å². The van der Waals surface area contributed by atoms with Gasteiger partial charge in [-0.05, 0) is 18.9 Å². The molecule has 26 heavy (non-hydrogen) atoms. The van der Waals surface area contributed by atoms with E-state index < -0.39 is 11.9 Å². The number of halogens is 3. The number of anilines is 1. The van der Waals surface area contributed by atoms with Gasteiger partial charge in [0, 0.05) is 24.8 Å². The summed E-state index contributed by atoms with van der Waals surface area (Å²) in [5, 5.41) is 10.6. The van der Waals surface area contributed by atoms with Crippen molar-refractivity contribution in [3.05, 3.63) is 28.3 Å². The van der Waals surface area contributed by atoms with Crippen molar-refractivity contribution in [2.45, 2.75) is 33.0 Å². The van der Waals surface area contributed by atoms with Crippen LogP contribution in [-0.2, 0) is 13.2 Å². The molecule has 0 saturated heterocycles. The lowest BCUT2D eigenvalue weighted by Crippen LogP contribution is -2.26. The SMILES string of the molecule is CC(C)[C@H](C)n1cc(-c2cc(C(F)(F)F)n(C)n2)c2[nH]nc(N)c2c1=O. The zero-order valence-corrected chi connectivity index (χ0v) is 14.7. The van der Waals surface area contributed by atoms with Gasteiger partial charge in [-0.1, -0.05) is 13.8 Å². The van der Waals surface area contributed by atoms with Crippen molar-refractivity contribution in [1.82, 2.24) is 24.5 Å². The number of nitrogens with zero attached hydrogens (tertiary/aromatic N) is 4. The van der Waals surface area contributed by atoms with E-state index in [2.05, 4.69) is 15.3 Å². The Morgan fingerprint density at radius 1 is 1.27 bits per heavy atom. The Hall–Kier alpha value is -2.78. The van der Waals surface area contributed by atoms with Crippen LogP contribution in [0.2, 0.25) is 0 Å². The minimum Gasteiger partial charge on any atom is -0.382 e. The molecule has 1 atom stereocenters. The number of alkyl halides is 3. The fourth-order valence-electron chi connectivity index (χ4n) is 2.84. The van der Waals surface area contributed by atoms with Crippen LogP contribution in [0.5, 0.6) is 0 Å². The predicted molar refractivity (Wildman–Crippen MR) is 91.5 cm³/mol. The molecule has 0 bridgehead atoms. The number of hydrogen-bond donors (Lipinski definition) is 2. The first kappa shape index (κ1) is 18.0. The van der Waals surface area contributed by atoms with E-state index in [4.69, 9.17) is 5.73 Å². The van der Waals surface area contributed by atoms with Gasteiger partial charge < -0.3 is 10.3 Å². The number of hydrogen-bond acceptors (Lipinski definition) is 4. The van der Waals surface area contributed by atoms with Crippen molar-refractivity contribution in [2.24, 2.45) is 13.0 Å². The summed E-state index contributed by atoms with van der Waals surface area (Å²) in [6, 6.07) is 0.756. The summed E-state index contributed by atoms with van der Waals surface area (Å²) in [6.07, 6.45) is -3.03. The van der Waals surface area contributed by atoms with Crippen molar-refractivity contribution in [3.8, 4) is 11.3 Å². The first-order chi connectivity index (χ1) is 12.0. The van der Waals surface area contributed by atoms with Crippen LogP contribution in [0.25, 0.3) is 22.2 Å². The Morgan fingerprint density at radius 2 is 1.92 bits per heavy atom.